The van der Waals surface area contributed by atoms with Gasteiger partial charge in [-0.3, -0.25) is 9.59 Å². The summed E-state index contributed by atoms with van der Waals surface area (Å²) in [7, 11) is 0. The minimum Gasteiger partial charge on any atom is -0.490 e. The number of aromatic amines is 1. The Hall–Kier alpha value is -4.30. The van der Waals surface area contributed by atoms with Crippen molar-refractivity contribution in [3.63, 3.8) is 0 Å². The molecular weight excluding hydrogens is 607 g/mol. The number of nitrogens with zero attached hydrogens (tertiary/aromatic N) is 1. The minimum atomic E-state index is -0.455. The van der Waals surface area contributed by atoms with Crippen LogP contribution in [0, 0.1) is 14.9 Å². The van der Waals surface area contributed by atoms with E-state index in [2.05, 4.69) is 38.2 Å². The van der Waals surface area contributed by atoms with E-state index in [1.54, 1.807) is 24.3 Å². The molecule has 8 nitrogen and oxygen atoms in total. The number of hydrogen-bond donors (Lipinski definition) is 3. The van der Waals surface area contributed by atoms with Gasteiger partial charge in [-0.2, -0.15) is 5.26 Å². The van der Waals surface area contributed by atoms with Gasteiger partial charge >= 0.3 is 0 Å². The Bertz CT molecular complexity index is 1540. The molecule has 0 saturated heterocycles. The van der Waals surface area contributed by atoms with Crippen molar-refractivity contribution in [2.75, 3.05) is 25.1 Å². The van der Waals surface area contributed by atoms with Crippen LogP contribution in [0.1, 0.15) is 18.1 Å². The Morgan fingerprint density at radius 1 is 1.08 bits per heavy atom. The number of carbonyl (C=O) groups excluding carboxylic acids is 2. The second-order valence-electron chi connectivity index (χ2n) is 8.50. The summed E-state index contributed by atoms with van der Waals surface area (Å²) in [6, 6.07) is 22.5. The molecule has 0 fully saturated rings. The molecule has 198 valence electrons. The van der Waals surface area contributed by atoms with Gasteiger partial charge in [0.15, 0.2) is 18.1 Å². The highest BCUT2D eigenvalue weighted by atomic mass is 127. The van der Waals surface area contributed by atoms with E-state index in [-0.39, 0.29) is 18.1 Å². The van der Waals surface area contributed by atoms with Gasteiger partial charge in [0.1, 0.15) is 11.6 Å². The van der Waals surface area contributed by atoms with Crippen LogP contribution in [0.3, 0.4) is 0 Å². The van der Waals surface area contributed by atoms with Crippen LogP contribution in [-0.4, -0.2) is 36.6 Å². The Kier molecular flexibility index (Phi) is 9.58. The number of halogens is 1. The number of benzene rings is 3. The van der Waals surface area contributed by atoms with Crippen LogP contribution in [0.15, 0.2) is 78.5 Å². The fraction of sp³-hybridized carbons (Fsp3) is 0.167. The van der Waals surface area contributed by atoms with E-state index in [9.17, 15) is 14.9 Å². The number of rotatable bonds is 11. The van der Waals surface area contributed by atoms with Crippen molar-refractivity contribution in [3.05, 3.63) is 93.2 Å². The smallest absolute Gasteiger partial charge is 0.262 e. The molecular formula is C30H27IN4O4. The molecule has 0 aliphatic carbocycles. The third-order valence-electron chi connectivity index (χ3n) is 5.77. The lowest BCUT2D eigenvalue weighted by Gasteiger charge is -2.15. The number of nitriles is 1. The zero-order valence-electron chi connectivity index (χ0n) is 21.3. The Labute approximate surface area is 240 Å². The maximum Gasteiger partial charge on any atom is 0.262 e. The fourth-order valence-electron chi connectivity index (χ4n) is 3.99. The summed E-state index contributed by atoms with van der Waals surface area (Å²) in [5.41, 5.74) is 3.39. The average Bonchev–Trinajstić information content (AvgIpc) is 3.35. The second kappa shape index (κ2) is 13.5. The number of ether oxygens (including phenoxy) is 2. The van der Waals surface area contributed by atoms with Crippen LogP contribution in [0.2, 0.25) is 0 Å². The lowest BCUT2D eigenvalue weighted by atomic mass is 10.1. The zero-order chi connectivity index (χ0) is 27.6. The van der Waals surface area contributed by atoms with Gasteiger partial charge in [-0.1, -0.05) is 36.4 Å². The van der Waals surface area contributed by atoms with Crippen molar-refractivity contribution in [3.8, 4) is 17.6 Å². The van der Waals surface area contributed by atoms with Crippen LogP contribution in [0.4, 0.5) is 5.69 Å². The molecule has 9 heteroatoms. The number of anilines is 1. The van der Waals surface area contributed by atoms with Gasteiger partial charge in [-0.25, -0.2) is 0 Å². The second-order valence-corrected chi connectivity index (χ2v) is 9.66. The van der Waals surface area contributed by atoms with E-state index in [1.165, 1.54) is 6.08 Å². The summed E-state index contributed by atoms with van der Waals surface area (Å²) in [5.74, 6) is 0.0717. The van der Waals surface area contributed by atoms with Crippen LogP contribution >= 0.6 is 22.6 Å². The molecule has 0 unspecified atom stereocenters. The molecule has 2 amide bonds. The molecule has 0 spiro atoms. The number of amides is 2. The maximum atomic E-state index is 12.7. The summed E-state index contributed by atoms with van der Waals surface area (Å²) in [5, 5.41) is 16.4. The molecule has 3 N–H and O–H groups in total. The first-order chi connectivity index (χ1) is 19.0. The molecule has 0 atom stereocenters. The minimum absolute atomic E-state index is 0.0249. The molecule has 1 heterocycles. The number of carbonyl (C=O) groups is 2. The van der Waals surface area contributed by atoms with E-state index in [0.717, 1.165) is 16.5 Å². The first-order valence-corrected chi connectivity index (χ1v) is 13.5. The predicted octanol–water partition coefficient (Wildman–Crippen LogP) is 5.45. The number of hydrogen-bond acceptors (Lipinski definition) is 5. The largest absolute Gasteiger partial charge is 0.490 e. The van der Waals surface area contributed by atoms with E-state index in [0.29, 0.717) is 45.9 Å². The normalized spacial score (nSPS) is 11.1. The molecule has 39 heavy (non-hydrogen) atoms. The Morgan fingerprint density at radius 2 is 1.85 bits per heavy atom. The Balaban J connectivity index is 1.42. The van der Waals surface area contributed by atoms with Gasteiger partial charge in [0, 0.05) is 29.3 Å². The molecule has 4 aromatic rings. The van der Waals surface area contributed by atoms with Crippen LogP contribution in [0.25, 0.3) is 17.0 Å². The monoisotopic (exact) mass is 634 g/mol. The van der Waals surface area contributed by atoms with Crippen LogP contribution < -0.4 is 20.1 Å². The standard InChI is InChI=1S/C30H27IN4O4/c1-2-38-27-16-20(15-25(31)29(27)39-19-28(36)35-23-8-4-3-5-9-23)14-22(17-32)30(37)33-13-12-21-18-34-26-11-7-6-10-24(21)26/h3-11,14-16,18,34H,2,12-13,19H2,1H3,(H,33,37)(H,35,36)/b22-14-. The highest BCUT2D eigenvalue weighted by molar-refractivity contribution is 14.1. The molecule has 0 radical (unpaired) electrons. The molecule has 0 bridgehead atoms. The van der Waals surface area contributed by atoms with Gasteiger partial charge in [0.2, 0.25) is 0 Å². The van der Waals surface area contributed by atoms with Gasteiger partial charge in [-0.15, -0.1) is 0 Å². The molecule has 0 aliphatic heterocycles. The average molecular weight is 634 g/mol. The van der Waals surface area contributed by atoms with Crippen molar-refractivity contribution in [2.45, 2.75) is 13.3 Å². The highest BCUT2D eigenvalue weighted by Crippen LogP contribution is 2.35. The van der Waals surface area contributed by atoms with E-state index >= 15 is 0 Å². The van der Waals surface area contributed by atoms with Crippen LogP contribution in [-0.2, 0) is 16.0 Å². The lowest BCUT2D eigenvalue weighted by molar-refractivity contribution is -0.118. The van der Waals surface area contributed by atoms with Gasteiger partial charge in [0.05, 0.1) is 10.2 Å². The first-order valence-electron chi connectivity index (χ1n) is 12.4. The summed E-state index contributed by atoms with van der Waals surface area (Å²) < 4.78 is 12.2. The zero-order valence-corrected chi connectivity index (χ0v) is 23.4. The summed E-state index contributed by atoms with van der Waals surface area (Å²) in [6.45, 7) is 2.39. The maximum absolute atomic E-state index is 12.7. The third-order valence-corrected chi connectivity index (χ3v) is 6.57. The van der Waals surface area contributed by atoms with Gasteiger partial charge in [0.25, 0.3) is 11.8 Å². The van der Waals surface area contributed by atoms with Crippen molar-refractivity contribution in [1.29, 1.82) is 5.26 Å². The van der Waals surface area contributed by atoms with Crippen molar-refractivity contribution in [1.82, 2.24) is 10.3 Å². The van der Waals surface area contributed by atoms with Gasteiger partial charge < -0.3 is 25.1 Å². The number of aromatic nitrogens is 1. The highest BCUT2D eigenvalue weighted by Gasteiger charge is 2.16. The van der Waals surface area contributed by atoms with Gasteiger partial charge in [-0.05, 0) is 83.5 Å². The molecule has 0 aliphatic rings. The first kappa shape index (κ1) is 27.7. The summed E-state index contributed by atoms with van der Waals surface area (Å²) in [6.07, 6.45) is 4.08. The molecule has 0 saturated carbocycles. The quantitative estimate of drug-likeness (QED) is 0.115. The van der Waals surface area contributed by atoms with Crippen LogP contribution in [0.5, 0.6) is 11.5 Å². The number of H-pyrrole nitrogens is 1. The fourth-order valence-corrected chi connectivity index (χ4v) is 4.77. The molecule has 3 aromatic carbocycles. The number of para-hydroxylation sites is 2. The summed E-state index contributed by atoms with van der Waals surface area (Å²) in [4.78, 5) is 28.3. The Morgan fingerprint density at radius 3 is 2.62 bits per heavy atom. The number of fused-ring (bicyclic) bond motifs is 1. The van der Waals surface area contributed by atoms with Crippen molar-refractivity contribution in [2.24, 2.45) is 0 Å². The predicted molar refractivity (Wildman–Crippen MR) is 159 cm³/mol. The summed E-state index contributed by atoms with van der Waals surface area (Å²) >= 11 is 2.08. The lowest BCUT2D eigenvalue weighted by Crippen LogP contribution is -2.26. The third kappa shape index (κ3) is 7.39. The molecule has 1 aromatic heterocycles. The number of nitrogens with one attached hydrogen (secondary N) is 3. The van der Waals surface area contributed by atoms with E-state index in [1.807, 2.05) is 61.7 Å². The molecule has 4 rings (SSSR count). The van der Waals surface area contributed by atoms with Crippen molar-refractivity contribution < 1.29 is 19.1 Å². The van der Waals surface area contributed by atoms with E-state index < -0.39 is 5.91 Å². The SMILES string of the molecule is CCOc1cc(/C=C(/C#N)C(=O)NCCc2c[nH]c3ccccc23)cc(I)c1OCC(=O)Nc1ccccc1. The van der Waals surface area contributed by atoms with Crippen molar-refractivity contribution >= 4 is 57.1 Å². The van der Waals surface area contributed by atoms with E-state index in [4.69, 9.17) is 9.47 Å². The topological polar surface area (TPSA) is 116 Å².